The van der Waals surface area contributed by atoms with Crippen LogP contribution >= 0.6 is 0 Å². The lowest BCUT2D eigenvalue weighted by Gasteiger charge is -2.19. The molecule has 0 bridgehead atoms. The smallest absolute Gasteiger partial charge is 0.335 e. The van der Waals surface area contributed by atoms with Crippen molar-refractivity contribution in [2.45, 2.75) is 13.0 Å². The van der Waals surface area contributed by atoms with Gasteiger partial charge in [0.25, 0.3) is 0 Å². The van der Waals surface area contributed by atoms with Gasteiger partial charge in [-0.1, -0.05) is 30.3 Å². The van der Waals surface area contributed by atoms with E-state index in [-0.39, 0.29) is 11.6 Å². The van der Waals surface area contributed by atoms with Gasteiger partial charge in [-0.05, 0) is 36.2 Å². The average Bonchev–Trinajstić information content (AvgIpc) is 2.64. The summed E-state index contributed by atoms with van der Waals surface area (Å²) in [6.45, 7) is 1.79. The molecule has 0 fully saturated rings. The normalized spacial score (nSPS) is 10.1. The maximum atomic E-state index is 11.8. The molecule has 0 atom stereocenters. The van der Waals surface area contributed by atoms with Crippen LogP contribution < -0.4 is 15.5 Å². The van der Waals surface area contributed by atoms with E-state index in [0.717, 1.165) is 24.2 Å². The summed E-state index contributed by atoms with van der Waals surface area (Å²) in [6.07, 6.45) is 0.839. The second kappa shape index (κ2) is 9.32. The highest BCUT2D eigenvalue weighted by molar-refractivity contribution is 5.87. The number of carbonyl (C=O) groups is 2. The Morgan fingerprint density at radius 3 is 2.32 bits per heavy atom. The summed E-state index contributed by atoms with van der Waals surface area (Å²) in [4.78, 5) is 24.7. The third kappa shape index (κ3) is 6.18. The van der Waals surface area contributed by atoms with Gasteiger partial charge in [0.1, 0.15) is 0 Å². The molecule has 0 aliphatic rings. The zero-order valence-corrected chi connectivity index (χ0v) is 14.2. The number of amides is 2. The molecule has 25 heavy (non-hydrogen) atoms. The molecule has 2 amide bonds. The lowest BCUT2D eigenvalue weighted by molar-refractivity contribution is 0.0697. The van der Waals surface area contributed by atoms with Crippen molar-refractivity contribution in [1.29, 1.82) is 0 Å². The fourth-order valence-electron chi connectivity index (χ4n) is 2.34. The Balaban J connectivity index is 1.63. The molecule has 6 nitrogen and oxygen atoms in total. The fraction of sp³-hybridized carbons (Fsp3) is 0.263. The van der Waals surface area contributed by atoms with Gasteiger partial charge in [-0.25, -0.2) is 9.59 Å². The minimum absolute atomic E-state index is 0.232. The van der Waals surface area contributed by atoms with Gasteiger partial charge in [-0.2, -0.15) is 0 Å². The van der Waals surface area contributed by atoms with Gasteiger partial charge in [-0.15, -0.1) is 0 Å². The predicted octanol–water partition coefficient (Wildman–Crippen LogP) is 2.71. The number of carboxylic acid groups (broad SMARTS) is 1. The molecule has 0 unspecified atom stereocenters. The number of aromatic carboxylic acids is 1. The number of nitrogens with zero attached hydrogens (tertiary/aromatic N) is 1. The number of para-hydroxylation sites is 1. The quantitative estimate of drug-likeness (QED) is 0.645. The molecule has 2 aromatic rings. The Morgan fingerprint density at radius 1 is 1.00 bits per heavy atom. The maximum absolute atomic E-state index is 11.8. The van der Waals surface area contributed by atoms with Gasteiger partial charge in [0.05, 0.1) is 5.56 Å². The largest absolute Gasteiger partial charge is 0.478 e. The van der Waals surface area contributed by atoms with Crippen molar-refractivity contribution < 1.29 is 14.7 Å². The topological polar surface area (TPSA) is 81.7 Å². The van der Waals surface area contributed by atoms with Crippen molar-refractivity contribution in [3.05, 3.63) is 65.7 Å². The molecule has 2 aromatic carbocycles. The second-order valence-electron chi connectivity index (χ2n) is 5.72. The minimum atomic E-state index is -0.960. The molecule has 3 N–H and O–H groups in total. The van der Waals surface area contributed by atoms with E-state index in [2.05, 4.69) is 27.7 Å². The minimum Gasteiger partial charge on any atom is -0.478 e. The lowest BCUT2D eigenvalue weighted by Crippen LogP contribution is -2.36. The number of carboxylic acids is 1. The lowest BCUT2D eigenvalue weighted by atomic mass is 10.1. The maximum Gasteiger partial charge on any atom is 0.335 e. The van der Waals surface area contributed by atoms with Crippen molar-refractivity contribution in [3.63, 3.8) is 0 Å². The molecule has 0 saturated carbocycles. The number of rotatable bonds is 8. The van der Waals surface area contributed by atoms with Crippen molar-refractivity contribution in [2.24, 2.45) is 0 Å². The first kappa shape index (κ1) is 18.3. The highest BCUT2D eigenvalue weighted by Gasteiger charge is 2.04. The number of anilines is 1. The molecule has 0 heterocycles. The summed E-state index contributed by atoms with van der Waals surface area (Å²) >= 11 is 0. The highest BCUT2D eigenvalue weighted by Crippen LogP contribution is 2.10. The summed E-state index contributed by atoms with van der Waals surface area (Å²) in [5.74, 6) is -0.960. The zero-order chi connectivity index (χ0) is 18.1. The molecule has 2 rings (SSSR count). The van der Waals surface area contributed by atoms with Crippen LogP contribution in [0.3, 0.4) is 0 Å². The first-order valence-corrected chi connectivity index (χ1v) is 8.16. The van der Waals surface area contributed by atoms with Crippen molar-refractivity contribution in [2.75, 3.05) is 25.0 Å². The molecule has 0 saturated heterocycles. The van der Waals surface area contributed by atoms with Crippen LogP contribution in [-0.4, -0.2) is 37.2 Å². The van der Waals surface area contributed by atoms with E-state index < -0.39 is 5.97 Å². The second-order valence-corrected chi connectivity index (χ2v) is 5.72. The third-order valence-corrected chi connectivity index (χ3v) is 3.81. The molecule has 0 spiro atoms. The van der Waals surface area contributed by atoms with Crippen molar-refractivity contribution >= 4 is 17.7 Å². The summed E-state index contributed by atoms with van der Waals surface area (Å²) < 4.78 is 0. The van der Waals surface area contributed by atoms with E-state index in [9.17, 15) is 9.59 Å². The van der Waals surface area contributed by atoms with Crippen LogP contribution in [-0.2, 0) is 6.54 Å². The zero-order valence-electron chi connectivity index (χ0n) is 14.2. The molecule has 0 aromatic heterocycles. The molecule has 6 heteroatoms. The first-order chi connectivity index (χ1) is 12.1. The Labute approximate surface area is 147 Å². The van der Waals surface area contributed by atoms with Crippen LogP contribution in [0.15, 0.2) is 54.6 Å². The van der Waals surface area contributed by atoms with Crippen LogP contribution in [0.2, 0.25) is 0 Å². The van der Waals surface area contributed by atoms with Gasteiger partial charge in [0.15, 0.2) is 0 Å². The van der Waals surface area contributed by atoms with Crippen LogP contribution in [0.4, 0.5) is 10.5 Å². The predicted molar refractivity (Wildman–Crippen MR) is 98.0 cm³/mol. The Kier molecular flexibility index (Phi) is 6.83. The van der Waals surface area contributed by atoms with Gasteiger partial charge in [-0.3, -0.25) is 0 Å². The highest BCUT2D eigenvalue weighted by atomic mass is 16.4. The summed E-state index contributed by atoms with van der Waals surface area (Å²) in [6, 6.07) is 16.3. The van der Waals surface area contributed by atoms with Crippen LogP contribution in [0.5, 0.6) is 0 Å². The van der Waals surface area contributed by atoms with Gasteiger partial charge < -0.3 is 20.6 Å². The number of hydrogen-bond donors (Lipinski definition) is 3. The molecular formula is C19H23N3O3. The third-order valence-electron chi connectivity index (χ3n) is 3.81. The number of nitrogens with one attached hydrogen (secondary N) is 2. The van der Waals surface area contributed by atoms with Gasteiger partial charge in [0.2, 0.25) is 0 Å². The van der Waals surface area contributed by atoms with Crippen molar-refractivity contribution in [1.82, 2.24) is 10.6 Å². The van der Waals surface area contributed by atoms with E-state index >= 15 is 0 Å². The number of benzene rings is 2. The SMILES string of the molecule is CN(CCCNC(=O)NCc1ccc(C(=O)O)cc1)c1ccccc1. The summed E-state index contributed by atoms with van der Waals surface area (Å²) in [7, 11) is 2.02. The first-order valence-electron chi connectivity index (χ1n) is 8.16. The number of urea groups is 1. The Morgan fingerprint density at radius 2 is 1.68 bits per heavy atom. The molecule has 0 radical (unpaired) electrons. The van der Waals surface area contributed by atoms with Crippen LogP contribution in [0.25, 0.3) is 0 Å². The fourth-order valence-corrected chi connectivity index (χ4v) is 2.34. The van der Waals surface area contributed by atoms with E-state index in [1.807, 2.05) is 25.2 Å². The van der Waals surface area contributed by atoms with E-state index in [1.54, 1.807) is 12.1 Å². The molecule has 132 valence electrons. The Bertz CT molecular complexity index is 687. The van der Waals surface area contributed by atoms with E-state index in [1.165, 1.54) is 12.1 Å². The summed E-state index contributed by atoms with van der Waals surface area (Å²) in [5.41, 5.74) is 2.23. The van der Waals surface area contributed by atoms with Crippen molar-refractivity contribution in [3.8, 4) is 0 Å². The van der Waals surface area contributed by atoms with E-state index in [4.69, 9.17) is 5.11 Å². The standard InChI is InChI=1S/C19H23N3O3/c1-22(17-6-3-2-4-7-17)13-5-12-20-19(25)21-14-15-8-10-16(11-9-15)18(23)24/h2-4,6-11H,5,12-14H2,1H3,(H,23,24)(H2,20,21,25). The van der Waals surface area contributed by atoms with Crippen LogP contribution in [0.1, 0.15) is 22.3 Å². The molecular weight excluding hydrogens is 318 g/mol. The van der Waals surface area contributed by atoms with Gasteiger partial charge >= 0.3 is 12.0 Å². The monoisotopic (exact) mass is 341 g/mol. The van der Waals surface area contributed by atoms with Crippen LogP contribution in [0, 0.1) is 0 Å². The van der Waals surface area contributed by atoms with E-state index in [0.29, 0.717) is 13.1 Å². The molecule has 0 aliphatic heterocycles. The summed E-state index contributed by atoms with van der Waals surface area (Å²) in [5, 5.41) is 14.4. The van der Waals surface area contributed by atoms with Gasteiger partial charge in [0, 0.05) is 32.4 Å². The number of hydrogen-bond acceptors (Lipinski definition) is 3. The molecule has 0 aliphatic carbocycles. The average molecular weight is 341 g/mol. The number of carbonyl (C=O) groups excluding carboxylic acids is 1. The Hall–Kier alpha value is -3.02.